The summed E-state index contributed by atoms with van der Waals surface area (Å²) in [6.07, 6.45) is 1.03. The van der Waals surface area contributed by atoms with Crippen LogP contribution < -0.4 is 0 Å². The Morgan fingerprint density at radius 2 is 2.35 bits per heavy atom. The van der Waals surface area contributed by atoms with Gasteiger partial charge in [0.2, 0.25) is 0 Å². The number of rotatable bonds is 3. The first-order valence-electron chi connectivity index (χ1n) is 5.81. The van der Waals surface area contributed by atoms with Crippen LogP contribution in [-0.2, 0) is 11.2 Å². The van der Waals surface area contributed by atoms with Gasteiger partial charge in [0, 0.05) is 22.5 Å². The molecule has 0 spiro atoms. The first kappa shape index (κ1) is 13.3. The molecule has 0 aliphatic carbocycles. The van der Waals surface area contributed by atoms with Gasteiger partial charge in [0.25, 0.3) is 0 Å². The number of aliphatic hydroxyl groups excluding tert-OH is 1. The molecule has 1 aliphatic heterocycles. The molecule has 94 valence electrons. The summed E-state index contributed by atoms with van der Waals surface area (Å²) in [6, 6.07) is 5.73. The van der Waals surface area contributed by atoms with Crippen LogP contribution in [0.1, 0.15) is 18.9 Å². The van der Waals surface area contributed by atoms with Gasteiger partial charge in [-0.1, -0.05) is 40.5 Å². The number of hydrogen-bond donors (Lipinski definition) is 1. The highest BCUT2D eigenvalue weighted by atomic mass is 79.9. The van der Waals surface area contributed by atoms with Crippen LogP contribution >= 0.6 is 27.5 Å². The number of hydrogen-bond acceptors (Lipinski definition) is 2. The topological polar surface area (TPSA) is 29.5 Å². The molecule has 1 heterocycles. The van der Waals surface area contributed by atoms with Crippen LogP contribution in [0.5, 0.6) is 0 Å². The Balaban J connectivity index is 2.04. The maximum atomic E-state index is 10.2. The van der Waals surface area contributed by atoms with Gasteiger partial charge in [-0.05, 0) is 30.0 Å². The first-order valence-corrected chi connectivity index (χ1v) is 6.98. The molecule has 2 nitrogen and oxygen atoms in total. The standard InChI is InChI=1S/C13H16BrClO2/c1-8-4-5-17-13(8)12(16)6-9-2-3-10(14)7-11(9)15/h2-3,7-8,12-13,16H,4-6H2,1H3. The fourth-order valence-electron chi connectivity index (χ4n) is 2.24. The number of halogens is 2. The van der Waals surface area contributed by atoms with Crippen molar-refractivity contribution in [2.24, 2.45) is 5.92 Å². The summed E-state index contributed by atoms with van der Waals surface area (Å²) in [7, 11) is 0. The van der Waals surface area contributed by atoms with Crippen molar-refractivity contribution in [3.8, 4) is 0 Å². The predicted molar refractivity (Wildman–Crippen MR) is 72.4 cm³/mol. The highest BCUT2D eigenvalue weighted by Crippen LogP contribution is 2.27. The minimum absolute atomic E-state index is 0.0605. The van der Waals surface area contributed by atoms with Gasteiger partial charge in [-0.2, -0.15) is 0 Å². The van der Waals surface area contributed by atoms with Crippen LogP contribution in [-0.4, -0.2) is 23.9 Å². The molecule has 3 unspecified atom stereocenters. The Bertz CT molecular complexity index is 397. The summed E-state index contributed by atoms with van der Waals surface area (Å²) in [5.74, 6) is 0.416. The van der Waals surface area contributed by atoms with E-state index in [0.717, 1.165) is 23.1 Å². The van der Waals surface area contributed by atoms with Gasteiger partial charge >= 0.3 is 0 Å². The van der Waals surface area contributed by atoms with Crippen LogP contribution in [0.25, 0.3) is 0 Å². The summed E-state index contributed by atoms with van der Waals surface area (Å²) < 4.78 is 6.51. The van der Waals surface area contributed by atoms with Crippen molar-refractivity contribution in [3.05, 3.63) is 33.3 Å². The summed E-state index contributed by atoms with van der Waals surface area (Å²) in [6.45, 7) is 2.86. The summed E-state index contributed by atoms with van der Waals surface area (Å²) in [5, 5.41) is 10.9. The van der Waals surface area contributed by atoms with E-state index in [0.29, 0.717) is 17.4 Å². The van der Waals surface area contributed by atoms with E-state index in [9.17, 15) is 5.11 Å². The Kier molecular flexibility index (Phi) is 4.47. The van der Waals surface area contributed by atoms with Crippen molar-refractivity contribution in [2.75, 3.05) is 6.61 Å². The van der Waals surface area contributed by atoms with Gasteiger partial charge in [0.15, 0.2) is 0 Å². The molecule has 1 fully saturated rings. The Morgan fingerprint density at radius 1 is 1.59 bits per heavy atom. The average molecular weight is 320 g/mol. The van der Waals surface area contributed by atoms with E-state index in [1.165, 1.54) is 0 Å². The summed E-state index contributed by atoms with van der Waals surface area (Å²) >= 11 is 9.50. The quantitative estimate of drug-likeness (QED) is 0.925. The molecule has 0 amide bonds. The van der Waals surface area contributed by atoms with Crippen LogP contribution in [0.15, 0.2) is 22.7 Å². The van der Waals surface area contributed by atoms with Crippen molar-refractivity contribution in [2.45, 2.75) is 32.0 Å². The summed E-state index contributed by atoms with van der Waals surface area (Å²) in [5.41, 5.74) is 0.963. The molecule has 17 heavy (non-hydrogen) atoms. The molecule has 1 saturated heterocycles. The molecular weight excluding hydrogens is 303 g/mol. The highest BCUT2D eigenvalue weighted by Gasteiger charge is 2.31. The molecule has 1 aromatic rings. The Labute approximate surface area is 115 Å². The fourth-order valence-corrected chi connectivity index (χ4v) is 2.99. The second-order valence-electron chi connectivity index (χ2n) is 4.61. The zero-order valence-electron chi connectivity index (χ0n) is 9.70. The molecule has 1 aliphatic rings. The molecule has 3 atom stereocenters. The third kappa shape index (κ3) is 3.22. The lowest BCUT2D eigenvalue weighted by Crippen LogP contribution is -2.31. The number of ether oxygens (including phenoxy) is 1. The van der Waals surface area contributed by atoms with Crippen LogP contribution in [0.2, 0.25) is 5.02 Å². The first-order chi connectivity index (χ1) is 8.08. The molecule has 0 saturated carbocycles. The lowest BCUT2D eigenvalue weighted by molar-refractivity contribution is -0.0157. The van der Waals surface area contributed by atoms with Gasteiger partial charge in [0.05, 0.1) is 12.2 Å². The summed E-state index contributed by atoms with van der Waals surface area (Å²) in [4.78, 5) is 0. The van der Waals surface area contributed by atoms with Crippen LogP contribution in [0, 0.1) is 5.92 Å². The minimum atomic E-state index is -0.480. The molecule has 2 rings (SSSR count). The fraction of sp³-hybridized carbons (Fsp3) is 0.538. The maximum absolute atomic E-state index is 10.2. The lowest BCUT2D eigenvalue weighted by Gasteiger charge is -2.21. The molecule has 1 N–H and O–H groups in total. The van der Waals surface area contributed by atoms with Crippen molar-refractivity contribution >= 4 is 27.5 Å². The number of aliphatic hydroxyl groups is 1. The normalized spacial score (nSPS) is 26.1. The van der Waals surface area contributed by atoms with Gasteiger partial charge < -0.3 is 9.84 Å². The second-order valence-corrected chi connectivity index (χ2v) is 5.93. The predicted octanol–water partition coefficient (Wildman–Crippen LogP) is 3.43. The lowest BCUT2D eigenvalue weighted by atomic mass is 9.95. The largest absolute Gasteiger partial charge is 0.390 e. The molecular formula is C13H16BrClO2. The van der Waals surface area contributed by atoms with Crippen molar-refractivity contribution in [1.82, 2.24) is 0 Å². The van der Waals surface area contributed by atoms with Gasteiger partial charge in [0.1, 0.15) is 0 Å². The van der Waals surface area contributed by atoms with E-state index in [2.05, 4.69) is 22.9 Å². The third-order valence-corrected chi connectivity index (χ3v) is 4.11. The van der Waals surface area contributed by atoms with Gasteiger partial charge in [-0.3, -0.25) is 0 Å². The monoisotopic (exact) mass is 318 g/mol. The molecule has 0 aromatic heterocycles. The molecule has 0 bridgehead atoms. The van der Waals surface area contributed by atoms with E-state index < -0.39 is 6.10 Å². The third-order valence-electron chi connectivity index (χ3n) is 3.27. The van der Waals surface area contributed by atoms with E-state index in [-0.39, 0.29) is 6.10 Å². The Hall–Kier alpha value is -0.0900. The average Bonchev–Trinajstić information content (AvgIpc) is 2.68. The van der Waals surface area contributed by atoms with Crippen molar-refractivity contribution in [3.63, 3.8) is 0 Å². The van der Waals surface area contributed by atoms with E-state index in [4.69, 9.17) is 16.3 Å². The zero-order valence-corrected chi connectivity index (χ0v) is 12.0. The second kappa shape index (κ2) is 5.70. The SMILES string of the molecule is CC1CCOC1C(O)Cc1ccc(Br)cc1Cl. The van der Waals surface area contributed by atoms with E-state index in [1.54, 1.807) is 0 Å². The molecule has 1 aromatic carbocycles. The zero-order chi connectivity index (χ0) is 12.4. The van der Waals surface area contributed by atoms with Gasteiger partial charge in [-0.15, -0.1) is 0 Å². The molecule has 4 heteroatoms. The van der Waals surface area contributed by atoms with E-state index in [1.807, 2.05) is 18.2 Å². The minimum Gasteiger partial charge on any atom is -0.390 e. The van der Waals surface area contributed by atoms with Gasteiger partial charge in [-0.25, -0.2) is 0 Å². The van der Waals surface area contributed by atoms with Crippen LogP contribution in [0.3, 0.4) is 0 Å². The van der Waals surface area contributed by atoms with Crippen molar-refractivity contribution in [1.29, 1.82) is 0 Å². The highest BCUT2D eigenvalue weighted by molar-refractivity contribution is 9.10. The van der Waals surface area contributed by atoms with Crippen LogP contribution in [0.4, 0.5) is 0 Å². The smallest absolute Gasteiger partial charge is 0.0863 e. The van der Waals surface area contributed by atoms with Crippen molar-refractivity contribution < 1.29 is 9.84 Å². The van der Waals surface area contributed by atoms with E-state index >= 15 is 0 Å². The maximum Gasteiger partial charge on any atom is 0.0863 e. The molecule has 0 radical (unpaired) electrons. The number of benzene rings is 1. The Morgan fingerprint density at radius 3 is 2.94 bits per heavy atom.